The lowest BCUT2D eigenvalue weighted by Crippen LogP contribution is -2.55. The highest BCUT2D eigenvalue weighted by molar-refractivity contribution is 5.17. The van der Waals surface area contributed by atoms with E-state index in [1.165, 1.54) is 5.56 Å². The third kappa shape index (κ3) is 4.78. The van der Waals surface area contributed by atoms with Crippen LogP contribution in [0, 0.1) is 0 Å². The van der Waals surface area contributed by atoms with Crippen molar-refractivity contribution in [3.05, 3.63) is 35.9 Å². The Morgan fingerprint density at radius 3 is 2.68 bits per heavy atom. The fraction of sp³-hybridized carbons (Fsp3) is 0.667. The molecule has 0 spiro atoms. The van der Waals surface area contributed by atoms with Crippen LogP contribution in [0.1, 0.15) is 38.9 Å². The van der Waals surface area contributed by atoms with Crippen molar-refractivity contribution in [3.8, 4) is 0 Å². The number of aliphatic hydroxyl groups excluding tert-OH is 1. The zero-order chi connectivity index (χ0) is 16.0. The summed E-state index contributed by atoms with van der Waals surface area (Å²) >= 11 is 0. The average molecular weight is 307 g/mol. The minimum Gasteiger partial charge on any atom is -0.389 e. The van der Waals surface area contributed by atoms with Crippen LogP contribution >= 0.6 is 0 Å². The normalized spacial score (nSPS) is 21.5. The van der Waals surface area contributed by atoms with Gasteiger partial charge in [0.25, 0.3) is 0 Å². The molecule has 2 atom stereocenters. The Labute approximate surface area is 134 Å². The maximum absolute atomic E-state index is 10.3. The van der Waals surface area contributed by atoms with Crippen LogP contribution < -0.4 is 0 Å². The van der Waals surface area contributed by atoms with Crippen LogP contribution in [0.25, 0.3) is 0 Å². The molecule has 0 aromatic heterocycles. The Bertz CT molecular complexity index is 435. The summed E-state index contributed by atoms with van der Waals surface area (Å²) in [7, 11) is 0. The van der Waals surface area contributed by atoms with Gasteiger partial charge in [-0.05, 0) is 25.8 Å². The molecule has 2 rings (SSSR count). The standard InChI is InChI=1S/C18H29NO3/c1-4-17(15-8-6-5-7-9-15)22-13-16(20)12-19-10-11-21-14-18(19,2)3/h5-9,16-17,20H,4,10-14H2,1-3H3. The number of hydrogen-bond donors (Lipinski definition) is 1. The van der Waals surface area contributed by atoms with Crippen LogP contribution in [0.15, 0.2) is 30.3 Å². The van der Waals surface area contributed by atoms with Crippen molar-refractivity contribution >= 4 is 0 Å². The van der Waals surface area contributed by atoms with Crippen molar-refractivity contribution in [2.75, 3.05) is 32.9 Å². The Morgan fingerprint density at radius 2 is 2.05 bits per heavy atom. The first-order chi connectivity index (χ1) is 10.5. The maximum Gasteiger partial charge on any atom is 0.0900 e. The van der Waals surface area contributed by atoms with E-state index < -0.39 is 6.10 Å². The highest BCUT2D eigenvalue weighted by Crippen LogP contribution is 2.22. The van der Waals surface area contributed by atoms with E-state index in [2.05, 4.69) is 37.8 Å². The van der Waals surface area contributed by atoms with Crippen LogP contribution in [-0.2, 0) is 9.47 Å². The van der Waals surface area contributed by atoms with Crippen LogP contribution in [0.3, 0.4) is 0 Å². The molecular weight excluding hydrogens is 278 g/mol. The number of hydrogen-bond acceptors (Lipinski definition) is 4. The predicted octanol–water partition coefficient (Wildman–Crippen LogP) is 2.63. The first kappa shape index (κ1) is 17.4. The van der Waals surface area contributed by atoms with Gasteiger partial charge in [-0.15, -0.1) is 0 Å². The first-order valence-electron chi connectivity index (χ1n) is 8.20. The van der Waals surface area contributed by atoms with Crippen LogP contribution in [0.2, 0.25) is 0 Å². The molecule has 0 bridgehead atoms. The Kier molecular flexibility index (Phi) is 6.38. The molecule has 1 N–H and O–H groups in total. The van der Waals surface area contributed by atoms with E-state index in [-0.39, 0.29) is 11.6 Å². The number of benzene rings is 1. The van der Waals surface area contributed by atoms with Gasteiger partial charge < -0.3 is 14.6 Å². The molecule has 1 aromatic rings. The van der Waals surface area contributed by atoms with E-state index in [0.29, 0.717) is 19.8 Å². The van der Waals surface area contributed by atoms with Gasteiger partial charge in [-0.25, -0.2) is 0 Å². The molecule has 0 radical (unpaired) electrons. The third-order valence-electron chi connectivity index (χ3n) is 4.28. The first-order valence-corrected chi connectivity index (χ1v) is 8.20. The van der Waals surface area contributed by atoms with Crippen LogP contribution in [0.5, 0.6) is 0 Å². The SMILES string of the molecule is CCC(OCC(O)CN1CCOCC1(C)C)c1ccccc1. The van der Waals surface area contributed by atoms with E-state index in [4.69, 9.17) is 9.47 Å². The third-order valence-corrected chi connectivity index (χ3v) is 4.28. The summed E-state index contributed by atoms with van der Waals surface area (Å²) in [6, 6.07) is 10.2. The zero-order valence-corrected chi connectivity index (χ0v) is 14.0. The lowest BCUT2D eigenvalue weighted by molar-refractivity contribution is -0.0828. The summed E-state index contributed by atoms with van der Waals surface area (Å²) in [6.45, 7) is 9.70. The molecule has 0 saturated carbocycles. The molecule has 22 heavy (non-hydrogen) atoms. The fourth-order valence-corrected chi connectivity index (χ4v) is 2.88. The molecule has 1 heterocycles. The van der Waals surface area contributed by atoms with E-state index in [1.807, 2.05) is 18.2 Å². The van der Waals surface area contributed by atoms with Gasteiger partial charge in [0, 0.05) is 18.6 Å². The molecule has 1 aliphatic rings. The molecule has 4 heteroatoms. The smallest absolute Gasteiger partial charge is 0.0900 e. The summed E-state index contributed by atoms with van der Waals surface area (Å²) in [5.74, 6) is 0. The minimum absolute atomic E-state index is 0.0250. The molecule has 1 saturated heterocycles. The van der Waals surface area contributed by atoms with Gasteiger partial charge in [0.05, 0.1) is 32.0 Å². The van der Waals surface area contributed by atoms with Crippen molar-refractivity contribution < 1.29 is 14.6 Å². The van der Waals surface area contributed by atoms with Gasteiger partial charge in [-0.3, -0.25) is 4.90 Å². The number of aliphatic hydroxyl groups is 1. The van der Waals surface area contributed by atoms with Crippen molar-refractivity contribution in [1.82, 2.24) is 4.90 Å². The predicted molar refractivity (Wildman–Crippen MR) is 87.9 cm³/mol. The molecule has 1 aliphatic heterocycles. The fourth-order valence-electron chi connectivity index (χ4n) is 2.88. The van der Waals surface area contributed by atoms with E-state index in [0.717, 1.165) is 19.6 Å². The molecule has 4 nitrogen and oxygen atoms in total. The van der Waals surface area contributed by atoms with Crippen molar-refractivity contribution in [3.63, 3.8) is 0 Å². The van der Waals surface area contributed by atoms with Crippen molar-refractivity contribution in [2.45, 2.75) is 44.9 Å². The molecule has 0 aliphatic carbocycles. The van der Waals surface area contributed by atoms with Gasteiger partial charge in [-0.2, -0.15) is 0 Å². The second kappa shape index (κ2) is 8.06. The van der Waals surface area contributed by atoms with Gasteiger partial charge in [-0.1, -0.05) is 37.3 Å². The number of ether oxygens (including phenoxy) is 2. The summed E-state index contributed by atoms with van der Waals surface area (Å²) in [6.07, 6.45) is 0.475. The van der Waals surface area contributed by atoms with E-state index in [1.54, 1.807) is 0 Å². The van der Waals surface area contributed by atoms with E-state index in [9.17, 15) is 5.11 Å². The highest BCUT2D eigenvalue weighted by atomic mass is 16.5. The minimum atomic E-state index is -0.477. The Hall–Kier alpha value is -0.940. The average Bonchev–Trinajstić information content (AvgIpc) is 2.51. The van der Waals surface area contributed by atoms with Gasteiger partial charge in [0.2, 0.25) is 0 Å². The molecule has 0 amide bonds. The van der Waals surface area contributed by atoms with Crippen LogP contribution in [0.4, 0.5) is 0 Å². The number of morpholine rings is 1. The molecular formula is C18H29NO3. The molecule has 1 fully saturated rings. The topological polar surface area (TPSA) is 41.9 Å². The largest absolute Gasteiger partial charge is 0.389 e. The summed E-state index contributed by atoms with van der Waals surface area (Å²) in [4.78, 5) is 2.29. The lowest BCUT2D eigenvalue weighted by atomic mass is 10.0. The van der Waals surface area contributed by atoms with Crippen molar-refractivity contribution in [2.24, 2.45) is 0 Å². The number of β-amino-alcohol motifs (C(OH)–C–C–N with tert-alkyl or cyclic N) is 1. The molecule has 2 unspecified atom stereocenters. The van der Waals surface area contributed by atoms with Gasteiger partial charge >= 0.3 is 0 Å². The Morgan fingerprint density at radius 1 is 1.32 bits per heavy atom. The zero-order valence-electron chi connectivity index (χ0n) is 14.0. The second-order valence-corrected chi connectivity index (χ2v) is 6.61. The lowest BCUT2D eigenvalue weighted by Gasteiger charge is -2.43. The molecule has 124 valence electrons. The van der Waals surface area contributed by atoms with E-state index >= 15 is 0 Å². The summed E-state index contributed by atoms with van der Waals surface area (Å²) < 4.78 is 11.5. The monoisotopic (exact) mass is 307 g/mol. The Balaban J connectivity index is 1.82. The quantitative estimate of drug-likeness (QED) is 0.841. The maximum atomic E-state index is 10.3. The van der Waals surface area contributed by atoms with Crippen LogP contribution in [-0.4, -0.2) is 54.6 Å². The van der Waals surface area contributed by atoms with Gasteiger partial charge in [0.1, 0.15) is 0 Å². The van der Waals surface area contributed by atoms with Crippen molar-refractivity contribution in [1.29, 1.82) is 0 Å². The van der Waals surface area contributed by atoms with Gasteiger partial charge in [0.15, 0.2) is 0 Å². The summed E-state index contributed by atoms with van der Waals surface area (Å²) in [5, 5.41) is 10.3. The number of nitrogens with zero attached hydrogens (tertiary/aromatic N) is 1. The number of rotatable bonds is 7. The summed E-state index contributed by atoms with van der Waals surface area (Å²) in [5.41, 5.74) is 1.15. The highest BCUT2D eigenvalue weighted by Gasteiger charge is 2.31. The second-order valence-electron chi connectivity index (χ2n) is 6.61. The molecule has 1 aromatic carbocycles.